The van der Waals surface area contributed by atoms with Gasteiger partial charge in [0.1, 0.15) is 6.54 Å². The molecule has 0 bridgehead atoms. The second-order valence-corrected chi connectivity index (χ2v) is 5.00. The molecule has 102 valence electrons. The number of hydrogen-bond donors (Lipinski definition) is 1. The molecule has 1 amide bonds. The lowest BCUT2D eigenvalue weighted by Crippen LogP contribution is -2.44. The molecule has 2 rings (SSSR count). The van der Waals surface area contributed by atoms with Gasteiger partial charge in [-0.2, -0.15) is 0 Å². The minimum Gasteiger partial charge on any atom is -0.423 e. The van der Waals surface area contributed by atoms with Crippen LogP contribution in [-0.2, 0) is 9.59 Å². The summed E-state index contributed by atoms with van der Waals surface area (Å²) in [6.45, 7) is 4.98. The van der Waals surface area contributed by atoms with Gasteiger partial charge in [0.25, 0.3) is 0 Å². The molecule has 5 heteroatoms. The zero-order valence-electron chi connectivity index (χ0n) is 11.2. The van der Waals surface area contributed by atoms with E-state index in [2.05, 4.69) is 5.32 Å². The summed E-state index contributed by atoms with van der Waals surface area (Å²) >= 11 is 0. The Hall–Kier alpha value is -2.04. The number of nitrogens with zero attached hydrogens (tertiary/aromatic N) is 1. The third kappa shape index (κ3) is 3.47. The summed E-state index contributed by atoms with van der Waals surface area (Å²) < 4.78 is 5.13. The van der Waals surface area contributed by atoms with Crippen molar-refractivity contribution < 1.29 is 14.3 Å². The number of carbonyl (C=O) groups excluding carboxylic acids is 2. The van der Waals surface area contributed by atoms with Crippen LogP contribution in [0.3, 0.4) is 0 Å². The molecule has 0 fully saturated rings. The minimum atomic E-state index is -0.338. The third-order valence-electron chi connectivity index (χ3n) is 2.79. The molecule has 0 spiro atoms. The lowest BCUT2D eigenvalue weighted by molar-refractivity contribution is -0.133. The van der Waals surface area contributed by atoms with Crippen LogP contribution in [0.25, 0.3) is 0 Å². The highest BCUT2D eigenvalue weighted by atomic mass is 16.5. The maximum absolute atomic E-state index is 11.8. The molecule has 0 aliphatic carbocycles. The Bertz CT molecular complexity index is 485. The van der Waals surface area contributed by atoms with Gasteiger partial charge in [-0.05, 0) is 18.1 Å². The number of rotatable bonds is 4. The van der Waals surface area contributed by atoms with Gasteiger partial charge in [0.2, 0.25) is 5.91 Å². The molecule has 0 atom stereocenters. The van der Waals surface area contributed by atoms with E-state index in [4.69, 9.17) is 4.74 Å². The molecule has 1 aromatic rings. The van der Waals surface area contributed by atoms with E-state index in [0.29, 0.717) is 18.2 Å². The van der Waals surface area contributed by atoms with E-state index in [-0.39, 0.29) is 25.0 Å². The van der Waals surface area contributed by atoms with Gasteiger partial charge in [-0.25, -0.2) is 4.79 Å². The first-order valence-corrected chi connectivity index (χ1v) is 6.37. The summed E-state index contributed by atoms with van der Waals surface area (Å²) in [6, 6.07) is 7.23. The fourth-order valence-corrected chi connectivity index (χ4v) is 1.89. The first-order chi connectivity index (χ1) is 9.06. The molecular formula is C14H18N2O3. The van der Waals surface area contributed by atoms with Gasteiger partial charge in [-0.3, -0.25) is 4.79 Å². The number of ether oxygens (including phenoxy) is 1. The summed E-state index contributed by atoms with van der Waals surface area (Å²) in [5.41, 5.74) is 0.779. The number of carbonyl (C=O) groups is 2. The number of esters is 1. The maximum Gasteiger partial charge on any atom is 0.331 e. The second-order valence-electron chi connectivity index (χ2n) is 5.00. The molecule has 5 nitrogen and oxygen atoms in total. The normalized spacial score (nSPS) is 14.1. The lowest BCUT2D eigenvalue weighted by Gasteiger charge is -2.29. The van der Waals surface area contributed by atoms with Crippen LogP contribution in [0.2, 0.25) is 0 Å². The van der Waals surface area contributed by atoms with E-state index in [1.807, 2.05) is 26.0 Å². The standard InChI is InChI=1S/C14H18N2O3/c1-10(2)7-15-13(17)8-16-9-14(18)19-12-6-4-3-5-11(12)16/h3-6,10H,7-9H2,1-2H3,(H,15,17). The fraction of sp³-hybridized carbons (Fsp3) is 0.429. The van der Waals surface area contributed by atoms with Crippen LogP contribution >= 0.6 is 0 Å². The third-order valence-corrected chi connectivity index (χ3v) is 2.79. The molecule has 1 heterocycles. The van der Waals surface area contributed by atoms with Crippen molar-refractivity contribution in [2.45, 2.75) is 13.8 Å². The SMILES string of the molecule is CC(C)CNC(=O)CN1CC(=O)Oc2ccccc21. The molecule has 0 saturated carbocycles. The quantitative estimate of drug-likeness (QED) is 0.654. The molecule has 0 aromatic heterocycles. The molecule has 0 radical (unpaired) electrons. The monoisotopic (exact) mass is 262 g/mol. The lowest BCUT2D eigenvalue weighted by atomic mass is 10.2. The minimum absolute atomic E-state index is 0.0850. The number of anilines is 1. The Balaban J connectivity index is 2.04. The highest BCUT2D eigenvalue weighted by Crippen LogP contribution is 2.30. The molecule has 1 N–H and O–H groups in total. The van der Waals surface area contributed by atoms with Gasteiger partial charge >= 0.3 is 5.97 Å². The van der Waals surface area contributed by atoms with E-state index < -0.39 is 0 Å². The molecule has 19 heavy (non-hydrogen) atoms. The van der Waals surface area contributed by atoms with Crippen LogP contribution in [0.15, 0.2) is 24.3 Å². The van der Waals surface area contributed by atoms with Crippen molar-refractivity contribution in [1.29, 1.82) is 0 Å². The van der Waals surface area contributed by atoms with Crippen molar-refractivity contribution in [3.8, 4) is 5.75 Å². The Morgan fingerprint density at radius 3 is 2.89 bits per heavy atom. The Kier molecular flexibility index (Phi) is 4.04. The second kappa shape index (κ2) is 5.73. The first kappa shape index (κ1) is 13.4. The Morgan fingerprint density at radius 1 is 1.42 bits per heavy atom. The number of benzene rings is 1. The largest absolute Gasteiger partial charge is 0.423 e. The molecular weight excluding hydrogens is 244 g/mol. The number of nitrogens with one attached hydrogen (secondary N) is 1. The average Bonchev–Trinajstić information content (AvgIpc) is 2.36. The fourth-order valence-electron chi connectivity index (χ4n) is 1.89. The van der Waals surface area contributed by atoms with Crippen molar-refractivity contribution in [3.05, 3.63) is 24.3 Å². The van der Waals surface area contributed by atoms with Crippen molar-refractivity contribution in [2.75, 3.05) is 24.5 Å². The molecule has 1 aliphatic rings. The summed E-state index contributed by atoms with van der Waals surface area (Å²) in [6.07, 6.45) is 0. The number of para-hydroxylation sites is 2. The van der Waals surface area contributed by atoms with Crippen molar-refractivity contribution in [1.82, 2.24) is 5.32 Å². The zero-order chi connectivity index (χ0) is 13.8. The molecule has 1 aliphatic heterocycles. The van der Waals surface area contributed by atoms with Gasteiger partial charge in [0, 0.05) is 6.54 Å². The van der Waals surface area contributed by atoms with Crippen LogP contribution < -0.4 is 15.0 Å². The predicted octanol–water partition coefficient (Wildman–Crippen LogP) is 1.18. The number of amides is 1. The van der Waals surface area contributed by atoms with E-state index >= 15 is 0 Å². The molecule has 1 aromatic carbocycles. The summed E-state index contributed by atoms with van der Waals surface area (Å²) in [5.74, 6) is 0.492. The van der Waals surface area contributed by atoms with E-state index in [1.54, 1.807) is 17.0 Å². The van der Waals surface area contributed by atoms with Crippen LogP contribution in [-0.4, -0.2) is 31.5 Å². The van der Waals surface area contributed by atoms with Gasteiger partial charge in [-0.15, -0.1) is 0 Å². The topological polar surface area (TPSA) is 58.6 Å². The summed E-state index contributed by atoms with van der Waals surface area (Å²) in [4.78, 5) is 25.0. The van der Waals surface area contributed by atoms with Crippen molar-refractivity contribution in [2.24, 2.45) is 5.92 Å². The Labute approximate surface area is 112 Å². The van der Waals surface area contributed by atoms with Crippen LogP contribution in [0.4, 0.5) is 5.69 Å². The van der Waals surface area contributed by atoms with Crippen LogP contribution in [0.5, 0.6) is 5.75 Å². The zero-order valence-corrected chi connectivity index (χ0v) is 11.2. The van der Waals surface area contributed by atoms with Crippen LogP contribution in [0, 0.1) is 5.92 Å². The van der Waals surface area contributed by atoms with Crippen LogP contribution in [0.1, 0.15) is 13.8 Å². The van der Waals surface area contributed by atoms with Gasteiger partial charge < -0.3 is 15.0 Å². The molecule has 0 saturated heterocycles. The number of fused-ring (bicyclic) bond motifs is 1. The van der Waals surface area contributed by atoms with Gasteiger partial charge in [-0.1, -0.05) is 26.0 Å². The van der Waals surface area contributed by atoms with Crippen molar-refractivity contribution in [3.63, 3.8) is 0 Å². The number of hydrogen-bond acceptors (Lipinski definition) is 4. The Morgan fingerprint density at radius 2 is 2.16 bits per heavy atom. The first-order valence-electron chi connectivity index (χ1n) is 6.37. The summed E-state index contributed by atoms with van der Waals surface area (Å²) in [7, 11) is 0. The smallest absolute Gasteiger partial charge is 0.331 e. The van der Waals surface area contributed by atoms with Gasteiger partial charge in [0.05, 0.1) is 12.2 Å². The van der Waals surface area contributed by atoms with Crippen molar-refractivity contribution >= 4 is 17.6 Å². The highest BCUT2D eigenvalue weighted by Gasteiger charge is 2.25. The average molecular weight is 262 g/mol. The van der Waals surface area contributed by atoms with E-state index in [9.17, 15) is 9.59 Å². The molecule has 0 unspecified atom stereocenters. The summed E-state index contributed by atoms with van der Waals surface area (Å²) in [5, 5.41) is 2.84. The highest BCUT2D eigenvalue weighted by molar-refractivity contribution is 5.89. The van der Waals surface area contributed by atoms with E-state index in [0.717, 1.165) is 5.69 Å². The maximum atomic E-state index is 11.8. The van der Waals surface area contributed by atoms with E-state index in [1.165, 1.54) is 0 Å². The van der Waals surface area contributed by atoms with Gasteiger partial charge in [0.15, 0.2) is 5.75 Å². The predicted molar refractivity (Wildman–Crippen MR) is 72.1 cm³/mol.